The number of carbonyl (C=O) groups excluding carboxylic acids is 1. The molecule has 1 unspecified atom stereocenters. The van der Waals surface area contributed by atoms with Crippen LogP contribution in [0.5, 0.6) is 0 Å². The Bertz CT molecular complexity index is 291. The van der Waals surface area contributed by atoms with E-state index in [1.54, 1.807) is 0 Å². The van der Waals surface area contributed by atoms with Crippen LogP contribution in [-0.4, -0.2) is 18.2 Å². The Labute approximate surface area is 111 Å². The van der Waals surface area contributed by atoms with Crippen LogP contribution >= 0.6 is 0 Å². The molecule has 0 heterocycles. The fraction of sp³-hybridized carbons (Fsp3) is 0.800. The molecule has 1 saturated carbocycles. The second kappa shape index (κ2) is 6.81. The molecule has 1 N–H and O–H groups in total. The average Bonchev–Trinajstić information content (AvgIpc) is 2.24. The van der Waals surface area contributed by atoms with Gasteiger partial charge in [0.25, 0.3) is 0 Å². The van der Waals surface area contributed by atoms with Crippen LogP contribution in [0.2, 0.25) is 0 Å². The first-order valence-electron chi connectivity index (χ1n) is 7.03. The lowest BCUT2D eigenvalue weighted by molar-refractivity contribution is 0.0526. The van der Waals surface area contributed by atoms with Gasteiger partial charge in [0.15, 0.2) is 0 Å². The smallest absolute Gasteiger partial charge is 0.407 e. The zero-order chi connectivity index (χ0) is 13.6. The van der Waals surface area contributed by atoms with Gasteiger partial charge in [-0.1, -0.05) is 18.6 Å². The number of hydrogen-bond acceptors (Lipinski definition) is 2. The molecule has 0 aromatic heterocycles. The van der Waals surface area contributed by atoms with Crippen molar-refractivity contribution in [1.82, 2.24) is 5.32 Å². The number of carbonyl (C=O) groups is 1. The highest BCUT2D eigenvalue weighted by Crippen LogP contribution is 2.30. The number of alkyl carbamates (subject to hydrolysis) is 1. The van der Waals surface area contributed by atoms with E-state index in [4.69, 9.17) is 4.74 Å². The lowest BCUT2D eigenvalue weighted by atomic mass is 9.82. The summed E-state index contributed by atoms with van der Waals surface area (Å²) in [6, 6.07) is 0. The van der Waals surface area contributed by atoms with E-state index >= 15 is 0 Å². The van der Waals surface area contributed by atoms with Crippen LogP contribution in [0.15, 0.2) is 12.2 Å². The molecule has 1 rings (SSSR count). The van der Waals surface area contributed by atoms with Crippen molar-refractivity contribution in [2.45, 2.75) is 64.9 Å². The van der Waals surface area contributed by atoms with Crippen molar-refractivity contribution >= 4 is 6.09 Å². The molecule has 3 heteroatoms. The quantitative estimate of drug-likeness (QED) is 0.606. The number of ether oxygens (including phenoxy) is 1. The highest BCUT2D eigenvalue weighted by molar-refractivity contribution is 5.67. The van der Waals surface area contributed by atoms with Gasteiger partial charge in [-0.15, -0.1) is 0 Å². The lowest BCUT2D eigenvalue weighted by Gasteiger charge is -2.24. The van der Waals surface area contributed by atoms with Gasteiger partial charge < -0.3 is 10.1 Å². The molecule has 18 heavy (non-hydrogen) atoms. The van der Waals surface area contributed by atoms with Crippen molar-refractivity contribution in [2.75, 3.05) is 6.54 Å². The van der Waals surface area contributed by atoms with E-state index < -0.39 is 5.60 Å². The summed E-state index contributed by atoms with van der Waals surface area (Å²) in [6.45, 7) is 10.5. The zero-order valence-electron chi connectivity index (χ0n) is 12.1. The topological polar surface area (TPSA) is 38.3 Å². The van der Waals surface area contributed by atoms with E-state index in [0.717, 1.165) is 12.8 Å². The Morgan fingerprint density at radius 2 is 2.17 bits per heavy atom. The summed E-state index contributed by atoms with van der Waals surface area (Å²) in [5, 5.41) is 2.80. The third kappa shape index (κ3) is 6.08. The molecular weight excluding hydrogens is 226 g/mol. The van der Waals surface area contributed by atoms with Crippen molar-refractivity contribution < 1.29 is 9.53 Å². The molecule has 1 atom stereocenters. The van der Waals surface area contributed by atoms with Crippen LogP contribution in [0.1, 0.15) is 59.3 Å². The van der Waals surface area contributed by atoms with Crippen LogP contribution in [0.4, 0.5) is 4.79 Å². The Morgan fingerprint density at radius 1 is 1.44 bits per heavy atom. The van der Waals surface area contributed by atoms with E-state index in [1.165, 1.54) is 31.3 Å². The molecule has 0 aromatic carbocycles. The van der Waals surface area contributed by atoms with E-state index in [1.807, 2.05) is 20.8 Å². The van der Waals surface area contributed by atoms with Crippen molar-refractivity contribution in [3.05, 3.63) is 12.2 Å². The molecule has 1 amide bonds. The largest absolute Gasteiger partial charge is 0.444 e. The maximum absolute atomic E-state index is 11.4. The van der Waals surface area contributed by atoms with E-state index in [-0.39, 0.29) is 6.09 Å². The van der Waals surface area contributed by atoms with Gasteiger partial charge in [-0.25, -0.2) is 4.79 Å². The molecule has 1 aliphatic rings. The van der Waals surface area contributed by atoms with Gasteiger partial charge in [0.1, 0.15) is 5.60 Å². The van der Waals surface area contributed by atoms with E-state index in [0.29, 0.717) is 12.5 Å². The molecule has 0 aliphatic heterocycles. The summed E-state index contributed by atoms with van der Waals surface area (Å²) in [7, 11) is 0. The lowest BCUT2D eigenvalue weighted by Crippen LogP contribution is -2.33. The number of rotatable bonds is 4. The van der Waals surface area contributed by atoms with Crippen LogP contribution < -0.4 is 5.32 Å². The summed E-state index contributed by atoms with van der Waals surface area (Å²) >= 11 is 0. The number of nitrogens with one attached hydrogen (secondary N) is 1. The molecule has 0 radical (unpaired) electrons. The van der Waals surface area contributed by atoms with Crippen molar-refractivity contribution in [2.24, 2.45) is 5.92 Å². The van der Waals surface area contributed by atoms with Crippen LogP contribution in [0, 0.1) is 5.92 Å². The van der Waals surface area contributed by atoms with Gasteiger partial charge in [-0.2, -0.15) is 0 Å². The monoisotopic (exact) mass is 253 g/mol. The average molecular weight is 253 g/mol. The van der Waals surface area contributed by atoms with E-state index in [9.17, 15) is 4.79 Å². The van der Waals surface area contributed by atoms with Gasteiger partial charge in [-0.3, -0.25) is 0 Å². The second-order valence-corrected chi connectivity index (χ2v) is 6.17. The summed E-state index contributed by atoms with van der Waals surface area (Å²) in [4.78, 5) is 11.4. The molecule has 0 saturated heterocycles. The maximum Gasteiger partial charge on any atom is 0.407 e. The van der Waals surface area contributed by atoms with Crippen LogP contribution in [0.25, 0.3) is 0 Å². The highest BCUT2D eigenvalue weighted by atomic mass is 16.6. The SMILES string of the molecule is C=C1CCCCC1CCCNC(=O)OC(C)(C)C. The Kier molecular flexibility index (Phi) is 5.70. The minimum atomic E-state index is -0.415. The minimum Gasteiger partial charge on any atom is -0.444 e. The molecule has 3 nitrogen and oxygen atoms in total. The first-order chi connectivity index (χ1) is 8.38. The van der Waals surface area contributed by atoms with Gasteiger partial charge in [0, 0.05) is 6.54 Å². The summed E-state index contributed by atoms with van der Waals surface area (Å²) in [5.41, 5.74) is 0.986. The summed E-state index contributed by atoms with van der Waals surface area (Å²) in [6.07, 6.45) is 6.90. The number of amides is 1. The number of hydrogen-bond donors (Lipinski definition) is 1. The molecule has 1 aliphatic carbocycles. The highest BCUT2D eigenvalue weighted by Gasteiger charge is 2.18. The normalized spacial score (nSPS) is 20.6. The molecular formula is C15H27NO2. The Balaban J connectivity index is 2.11. The van der Waals surface area contributed by atoms with Crippen molar-refractivity contribution in [3.63, 3.8) is 0 Å². The molecule has 0 bridgehead atoms. The van der Waals surface area contributed by atoms with Crippen molar-refractivity contribution in [1.29, 1.82) is 0 Å². The van der Waals surface area contributed by atoms with Crippen LogP contribution in [-0.2, 0) is 4.74 Å². The predicted molar refractivity (Wildman–Crippen MR) is 74.6 cm³/mol. The standard InChI is InChI=1S/C15H27NO2/c1-12-8-5-6-9-13(12)10-7-11-16-14(17)18-15(2,3)4/h13H,1,5-11H2,2-4H3,(H,16,17). The first kappa shape index (κ1) is 15.1. The van der Waals surface area contributed by atoms with Gasteiger partial charge in [-0.05, 0) is 58.8 Å². The van der Waals surface area contributed by atoms with Crippen LogP contribution in [0.3, 0.4) is 0 Å². The molecule has 0 spiro atoms. The zero-order valence-corrected chi connectivity index (χ0v) is 12.1. The third-order valence-corrected chi connectivity index (χ3v) is 3.28. The minimum absolute atomic E-state index is 0.315. The Morgan fingerprint density at radius 3 is 2.78 bits per heavy atom. The van der Waals surface area contributed by atoms with Crippen molar-refractivity contribution in [3.8, 4) is 0 Å². The van der Waals surface area contributed by atoms with Gasteiger partial charge in [0.05, 0.1) is 0 Å². The molecule has 104 valence electrons. The fourth-order valence-electron chi connectivity index (χ4n) is 2.35. The predicted octanol–water partition coefficient (Wildman–Crippen LogP) is 4.04. The molecule has 1 fully saturated rings. The first-order valence-corrected chi connectivity index (χ1v) is 7.03. The van der Waals surface area contributed by atoms with E-state index in [2.05, 4.69) is 11.9 Å². The Hall–Kier alpha value is -0.990. The summed E-state index contributed by atoms with van der Waals surface area (Å²) < 4.78 is 5.18. The van der Waals surface area contributed by atoms with Gasteiger partial charge in [0.2, 0.25) is 0 Å². The number of allylic oxidation sites excluding steroid dienone is 1. The van der Waals surface area contributed by atoms with Gasteiger partial charge >= 0.3 is 6.09 Å². The second-order valence-electron chi connectivity index (χ2n) is 6.17. The fourth-order valence-corrected chi connectivity index (χ4v) is 2.35. The third-order valence-electron chi connectivity index (χ3n) is 3.28. The summed E-state index contributed by atoms with van der Waals surface area (Å²) in [5.74, 6) is 0.666. The maximum atomic E-state index is 11.4. The molecule has 0 aromatic rings.